The van der Waals surface area contributed by atoms with Crippen molar-refractivity contribution in [3.63, 3.8) is 0 Å². The van der Waals surface area contributed by atoms with Crippen molar-refractivity contribution < 1.29 is 22.3 Å². The lowest BCUT2D eigenvalue weighted by atomic mass is 9.63. The number of benzene rings is 2. The standard InChI is InChI=1S/C27H32F4O/c1-2-3-18-4-5-23-15-22(11-10-21(23)14-18)19-6-8-20(9-7-19)24-12-13-26(25(28)16-24)32-17-27(29,30)31/h6-9,12-13,16,18,21-23H,2-5,10-11,14-15,17H2,1H3/t18?,21-,22-,23-/m1/s1. The van der Waals surface area contributed by atoms with Crippen molar-refractivity contribution in [3.05, 3.63) is 53.8 Å². The zero-order valence-corrected chi connectivity index (χ0v) is 18.6. The van der Waals surface area contributed by atoms with Gasteiger partial charge in [0.05, 0.1) is 0 Å². The Morgan fingerprint density at radius 2 is 1.56 bits per heavy atom. The molecule has 0 bridgehead atoms. The second kappa shape index (κ2) is 9.84. The van der Waals surface area contributed by atoms with Gasteiger partial charge in [0.15, 0.2) is 18.2 Å². The molecule has 5 heteroatoms. The first-order valence-corrected chi connectivity index (χ1v) is 11.9. The van der Waals surface area contributed by atoms with E-state index in [-0.39, 0.29) is 5.75 Å². The molecule has 2 fully saturated rings. The number of alkyl halides is 3. The second-order valence-electron chi connectivity index (χ2n) is 9.67. The smallest absolute Gasteiger partial charge is 0.422 e. The van der Waals surface area contributed by atoms with Gasteiger partial charge in [-0.1, -0.05) is 56.5 Å². The van der Waals surface area contributed by atoms with Crippen LogP contribution in [0.2, 0.25) is 0 Å². The number of hydrogen-bond acceptors (Lipinski definition) is 1. The Kier molecular flexibility index (Phi) is 7.11. The number of hydrogen-bond donors (Lipinski definition) is 0. The molecular formula is C27H32F4O. The highest BCUT2D eigenvalue weighted by Gasteiger charge is 2.35. The molecule has 4 rings (SSSR count). The lowest BCUT2D eigenvalue weighted by molar-refractivity contribution is -0.153. The van der Waals surface area contributed by atoms with Gasteiger partial charge in [0.1, 0.15) is 0 Å². The minimum atomic E-state index is -4.49. The van der Waals surface area contributed by atoms with E-state index in [1.807, 2.05) is 12.1 Å². The van der Waals surface area contributed by atoms with Crippen LogP contribution in [0, 0.1) is 23.6 Å². The Labute approximate surface area is 188 Å². The zero-order chi connectivity index (χ0) is 22.7. The summed E-state index contributed by atoms with van der Waals surface area (Å²) in [6.07, 6.45) is 6.17. The average molecular weight is 449 g/mol. The quantitative estimate of drug-likeness (QED) is 0.402. The molecule has 2 aliphatic rings. The van der Waals surface area contributed by atoms with Gasteiger partial charge in [-0.2, -0.15) is 13.2 Å². The van der Waals surface area contributed by atoms with Crippen molar-refractivity contribution in [2.24, 2.45) is 17.8 Å². The van der Waals surface area contributed by atoms with E-state index in [9.17, 15) is 17.6 Å². The van der Waals surface area contributed by atoms with Crippen molar-refractivity contribution in [2.45, 2.75) is 70.4 Å². The third-order valence-electron chi connectivity index (χ3n) is 7.46. The Balaban J connectivity index is 1.38. The summed E-state index contributed by atoms with van der Waals surface area (Å²) in [7, 11) is 0. The normalized spacial score (nSPS) is 25.9. The number of rotatable bonds is 6. The summed E-state index contributed by atoms with van der Waals surface area (Å²) in [5.41, 5.74) is 2.82. The van der Waals surface area contributed by atoms with Crippen molar-refractivity contribution in [1.82, 2.24) is 0 Å². The summed E-state index contributed by atoms with van der Waals surface area (Å²) >= 11 is 0. The van der Waals surface area contributed by atoms with Gasteiger partial charge in [-0.25, -0.2) is 4.39 Å². The van der Waals surface area contributed by atoms with Gasteiger partial charge in [0.2, 0.25) is 0 Å². The molecule has 0 saturated heterocycles. The SMILES string of the molecule is CCCC1CC[C@@H]2C[C@H](c3ccc(-c4ccc(OCC(F)(F)F)c(F)c4)cc3)CC[C@@H]2C1. The molecule has 2 aromatic rings. The molecule has 2 saturated carbocycles. The molecule has 0 heterocycles. The zero-order valence-electron chi connectivity index (χ0n) is 18.6. The molecule has 2 aromatic carbocycles. The van der Waals surface area contributed by atoms with Gasteiger partial charge >= 0.3 is 6.18 Å². The minimum absolute atomic E-state index is 0.381. The number of ether oxygens (including phenoxy) is 1. The molecule has 2 aliphatic carbocycles. The summed E-state index contributed by atoms with van der Waals surface area (Å²) in [5.74, 6) is 2.10. The average Bonchev–Trinajstić information content (AvgIpc) is 2.77. The Morgan fingerprint density at radius 3 is 2.25 bits per heavy atom. The van der Waals surface area contributed by atoms with Gasteiger partial charge in [-0.05, 0) is 84.6 Å². The molecule has 0 amide bonds. The van der Waals surface area contributed by atoms with E-state index in [1.54, 1.807) is 6.07 Å². The number of fused-ring (bicyclic) bond motifs is 1. The fourth-order valence-electron chi connectivity index (χ4n) is 5.86. The van der Waals surface area contributed by atoms with Crippen molar-refractivity contribution in [3.8, 4) is 16.9 Å². The van der Waals surface area contributed by atoms with Crippen molar-refractivity contribution in [2.75, 3.05) is 6.61 Å². The lowest BCUT2D eigenvalue weighted by Crippen LogP contribution is -2.30. The Morgan fingerprint density at radius 1 is 0.875 bits per heavy atom. The van der Waals surface area contributed by atoms with E-state index in [2.05, 4.69) is 23.8 Å². The molecule has 174 valence electrons. The highest BCUT2D eigenvalue weighted by atomic mass is 19.4. The minimum Gasteiger partial charge on any atom is -0.481 e. The van der Waals surface area contributed by atoms with Crippen LogP contribution < -0.4 is 4.74 Å². The fourth-order valence-corrected chi connectivity index (χ4v) is 5.86. The monoisotopic (exact) mass is 448 g/mol. The molecule has 4 atom stereocenters. The second-order valence-corrected chi connectivity index (χ2v) is 9.67. The van der Waals surface area contributed by atoms with E-state index in [1.165, 1.54) is 69.1 Å². The first-order chi connectivity index (χ1) is 15.3. The summed E-state index contributed by atoms with van der Waals surface area (Å²) in [4.78, 5) is 0. The van der Waals surface area contributed by atoms with E-state index < -0.39 is 18.6 Å². The first-order valence-electron chi connectivity index (χ1n) is 11.9. The first kappa shape index (κ1) is 23.1. The number of halogens is 4. The van der Waals surface area contributed by atoms with Crippen LogP contribution in [0.1, 0.15) is 69.8 Å². The maximum atomic E-state index is 14.2. The van der Waals surface area contributed by atoms with E-state index in [0.29, 0.717) is 11.5 Å². The molecule has 1 unspecified atom stereocenters. The Bertz CT molecular complexity index is 890. The van der Waals surface area contributed by atoms with Crippen LogP contribution in [-0.4, -0.2) is 12.8 Å². The molecule has 1 nitrogen and oxygen atoms in total. The van der Waals surface area contributed by atoms with E-state index in [0.717, 1.165) is 23.3 Å². The molecule has 0 spiro atoms. The highest BCUT2D eigenvalue weighted by Crippen LogP contribution is 2.48. The Hall–Kier alpha value is -2.04. The summed E-state index contributed by atoms with van der Waals surface area (Å²) in [5, 5.41) is 0. The van der Waals surface area contributed by atoms with Crippen molar-refractivity contribution in [1.29, 1.82) is 0 Å². The molecule has 0 N–H and O–H groups in total. The van der Waals surface area contributed by atoms with Gasteiger partial charge in [-0.3, -0.25) is 0 Å². The van der Waals surface area contributed by atoms with Gasteiger partial charge < -0.3 is 4.74 Å². The summed E-state index contributed by atoms with van der Waals surface area (Å²) < 4.78 is 55.7. The summed E-state index contributed by atoms with van der Waals surface area (Å²) in [6, 6.07) is 12.4. The van der Waals surface area contributed by atoms with E-state index in [4.69, 9.17) is 0 Å². The highest BCUT2D eigenvalue weighted by molar-refractivity contribution is 5.64. The van der Waals surface area contributed by atoms with Crippen LogP contribution in [0.4, 0.5) is 17.6 Å². The van der Waals surface area contributed by atoms with Crippen LogP contribution >= 0.6 is 0 Å². The van der Waals surface area contributed by atoms with Crippen LogP contribution in [0.3, 0.4) is 0 Å². The molecule has 0 aliphatic heterocycles. The summed E-state index contributed by atoms with van der Waals surface area (Å²) in [6.45, 7) is 0.789. The maximum Gasteiger partial charge on any atom is 0.422 e. The van der Waals surface area contributed by atoms with Crippen LogP contribution in [0.5, 0.6) is 5.75 Å². The maximum absolute atomic E-state index is 14.2. The molecule has 32 heavy (non-hydrogen) atoms. The molecule has 0 radical (unpaired) electrons. The van der Waals surface area contributed by atoms with Crippen molar-refractivity contribution >= 4 is 0 Å². The molecule has 0 aromatic heterocycles. The molecular weight excluding hydrogens is 416 g/mol. The fraction of sp³-hybridized carbons (Fsp3) is 0.556. The predicted octanol–water partition coefficient (Wildman–Crippen LogP) is 8.53. The predicted molar refractivity (Wildman–Crippen MR) is 119 cm³/mol. The van der Waals surface area contributed by atoms with E-state index >= 15 is 0 Å². The third-order valence-corrected chi connectivity index (χ3v) is 7.46. The van der Waals surface area contributed by atoms with Crippen LogP contribution in [0.15, 0.2) is 42.5 Å². The topological polar surface area (TPSA) is 9.23 Å². The van der Waals surface area contributed by atoms with Crippen LogP contribution in [-0.2, 0) is 0 Å². The van der Waals surface area contributed by atoms with Gasteiger partial charge in [0.25, 0.3) is 0 Å². The largest absolute Gasteiger partial charge is 0.481 e. The van der Waals surface area contributed by atoms with Crippen LogP contribution in [0.25, 0.3) is 11.1 Å². The van der Waals surface area contributed by atoms with Gasteiger partial charge in [-0.15, -0.1) is 0 Å². The lowest BCUT2D eigenvalue weighted by Gasteiger charge is -2.42. The third kappa shape index (κ3) is 5.65. The van der Waals surface area contributed by atoms with Gasteiger partial charge in [0, 0.05) is 0 Å².